The number of amides is 1. The first-order valence-electron chi connectivity index (χ1n) is 8.92. The van der Waals surface area contributed by atoms with Crippen LogP contribution in [-0.4, -0.2) is 30.2 Å². The van der Waals surface area contributed by atoms with Gasteiger partial charge < -0.3 is 9.47 Å². The average molecular weight is 407 g/mol. The predicted octanol–water partition coefficient (Wildman–Crippen LogP) is 3.14. The number of pyridine rings is 1. The van der Waals surface area contributed by atoms with E-state index in [1.807, 2.05) is 0 Å². The summed E-state index contributed by atoms with van der Waals surface area (Å²) in [5.74, 6) is -0.693. The number of rotatable bonds is 7. The van der Waals surface area contributed by atoms with Gasteiger partial charge in [-0.05, 0) is 53.6 Å². The number of hydrazone groups is 1. The van der Waals surface area contributed by atoms with Crippen molar-refractivity contribution in [1.82, 2.24) is 10.4 Å². The van der Waals surface area contributed by atoms with E-state index >= 15 is 0 Å². The van der Waals surface area contributed by atoms with E-state index in [0.717, 1.165) is 0 Å². The largest absolute Gasteiger partial charge is 0.493 e. The second kappa shape index (κ2) is 9.92. The summed E-state index contributed by atoms with van der Waals surface area (Å²) in [5.41, 5.74) is 4.01. The van der Waals surface area contributed by atoms with Gasteiger partial charge >= 0.3 is 5.97 Å². The maximum Gasteiger partial charge on any atom is 0.345 e. The number of ether oxygens (including phenoxy) is 2. The number of nitrogens with one attached hydrogen (secondary N) is 1. The number of nitrogens with zero attached hydrogens (tertiary/aromatic N) is 2. The molecule has 1 aromatic heterocycles. The Morgan fingerprint density at radius 1 is 1.13 bits per heavy atom. The van der Waals surface area contributed by atoms with E-state index in [9.17, 15) is 14.0 Å². The Balaban J connectivity index is 1.60. The van der Waals surface area contributed by atoms with Crippen LogP contribution in [0.2, 0.25) is 0 Å². The first-order chi connectivity index (χ1) is 14.5. The van der Waals surface area contributed by atoms with Crippen molar-refractivity contribution in [2.24, 2.45) is 5.10 Å². The van der Waals surface area contributed by atoms with Crippen molar-refractivity contribution in [2.45, 2.75) is 6.42 Å². The van der Waals surface area contributed by atoms with Gasteiger partial charge in [0.25, 0.3) is 0 Å². The number of aromatic nitrogens is 1. The molecule has 0 aliphatic heterocycles. The smallest absolute Gasteiger partial charge is 0.345 e. The summed E-state index contributed by atoms with van der Waals surface area (Å²) >= 11 is 0. The maximum absolute atomic E-state index is 12.9. The van der Waals surface area contributed by atoms with Gasteiger partial charge in [0.05, 0.1) is 25.3 Å². The molecule has 0 spiro atoms. The van der Waals surface area contributed by atoms with Crippen LogP contribution >= 0.6 is 0 Å². The molecule has 3 aromatic rings. The minimum Gasteiger partial charge on any atom is -0.493 e. The summed E-state index contributed by atoms with van der Waals surface area (Å²) in [6.45, 7) is 0. The van der Waals surface area contributed by atoms with Crippen LogP contribution in [0.15, 0.2) is 72.1 Å². The monoisotopic (exact) mass is 407 g/mol. The molecule has 0 bridgehead atoms. The third-order valence-corrected chi connectivity index (χ3v) is 3.97. The predicted molar refractivity (Wildman–Crippen MR) is 108 cm³/mol. The van der Waals surface area contributed by atoms with E-state index in [4.69, 9.17) is 9.47 Å². The van der Waals surface area contributed by atoms with E-state index in [-0.39, 0.29) is 23.9 Å². The molecule has 7 nitrogen and oxygen atoms in total. The van der Waals surface area contributed by atoms with Gasteiger partial charge in [0.15, 0.2) is 11.5 Å². The molecule has 0 aliphatic carbocycles. The van der Waals surface area contributed by atoms with Crippen LogP contribution in [0.25, 0.3) is 0 Å². The lowest BCUT2D eigenvalue weighted by Gasteiger charge is -2.09. The van der Waals surface area contributed by atoms with Crippen LogP contribution in [-0.2, 0) is 11.2 Å². The Hall–Kier alpha value is -4.07. The minimum absolute atomic E-state index is 0.0736. The third-order valence-electron chi connectivity index (χ3n) is 3.97. The maximum atomic E-state index is 12.9. The van der Waals surface area contributed by atoms with Crippen LogP contribution in [0.5, 0.6) is 11.5 Å². The molecule has 0 atom stereocenters. The van der Waals surface area contributed by atoms with Crippen LogP contribution in [0.1, 0.15) is 21.5 Å². The standard InChI is InChI=1S/C22H18FN3O4/c1-29-20-11-16(6-9-19(20)30-22(28)17-3-2-10-24-14-17)13-25-26-21(27)12-15-4-7-18(23)8-5-15/h2-11,13-14H,12H2,1H3,(H,26,27)/b25-13+. The molecule has 3 rings (SSSR count). The normalized spacial score (nSPS) is 10.6. The van der Waals surface area contributed by atoms with Gasteiger partial charge in [0.1, 0.15) is 5.82 Å². The van der Waals surface area contributed by atoms with E-state index in [1.54, 1.807) is 36.5 Å². The van der Waals surface area contributed by atoms with E-state index in [2.05, 4.69) is 15.5 Å². The molecule has 0 radical (unpaired) electrons. The molecule has 152 valence electrons. The number of halogens is 1. The number of hydrogen-bond donors (Lipinski definition) is 1. The van der Waals surface area contributed by atoms with Gasteiger partial charge in [0.2, 0.25) is 5.91 Å². The van der Waals surface area contributed by atoms with Crippen molar-refractivity contribution in [3.63, 3.8) is 0 Å². The first kappa shape index (κ1) is 20.7. The van der Waals surface area contributed by atoms with Gasteiger partial charge in [-0.25, -0.2) is 14.6 Å². The van der Waals surface area contributed by atoms with E-state index < -0.39 is 5.97 Å². The average Bonchev–Trinajstić information content (AvgIpc) is 2.77. The SMILES string of the molecule is COc1cc(/C=N/NC(=O)Cc2ccc(F)cc2)ccc1OC(=O)c1cccnc1. The molecule has 0 saturated heterocycles. The number of methoxy groups -OCH3 is 1. The Morgan fingerprint density at radius 2 is 1.93 bits per heavy atom. The highest BCUT2D eigenvalue weighted by Gasteiger charge is 2.12. The molecule has 1 heterocycles. The molecule has 30 heavy (non-hydrogen) atoms. The first-order valence-corrected chi connectivity index (χ1v) is 8.92. The minimum atomic E-state index is -0.559. The molecule has 0 fully saturated rings. The Bertz CT molecular complexity index is 1050. The summed E-state index contributed by atoms with van der Waals surface area (Å²) in [4.78, 5) is 28.0. The molecule has 1 amide bonds. The Morgan fingerprint density at radius 3 is 2.63 bits per heavy atom. The quantitative estimate of drug-likeness (QED) is 0.281. The van der Waals surface area contributed by atoms with Crippen molar-refractivity contribution in [3.05, 3.63) is 89.5 Å². The zero-order valence-corrected chi connectivity index (χ0v) is 16.0. The molecular formula is C22H18FN3O4. The second-order valence-electron chi connectivity index (χ2n) is 6.14. The fraction of sp³-hybridized carbons (Fsp3) is 0.0909. The summed E-state index contributed by atoms with van der Waals surface area (Å²) in [7, 11) is 1.45. The molecule has 8 heteroatoms. The van der Waals surface area contributed by atoms with E-state index in [1.165, 1.54) is 43.8 Å². The number of carbonyl (C=O) groups excluding carboxylic acids is 2. The van der Waals surface area contributed by atoms with Crippen LogP contribution in [0, 0.1) is 5.82 Å². The third kappa shape index (κ3) is 5.71. The zero-order chi connectivity index (χ0) is 21.3. The highest BCUT2D eigenvalue weighted by Crippen LogP contribution is 2.28. The Labute approximate surface area is 172 Å². The molecule has 0 aliphatic rings. The van der Waals surface area contributed by atoms with Crippen molar-refractivity contribution >= 4 is 18.1 Å². The fourth-order valence-corrected chi connectivity index (χ4v) is 2.50. The number of benzene rings is 2. The summed E-state index contributed by atoms with van der Waals surface area (Å²) < 4.78 is 23.5. The molecule has 0 unspecified atom stereocenters. The van der Waals surface area contributed by atoms with Gasteiger partial charge in [0, 0.05) is 12.4 Å². The van der Waals surface area contributed by atoms with Crippen molar-refractivity contribution in [1.29, 1.82) is 0 Å². The number of hydrogen-bond acceptors (Lipinski definition) is 6. The van der Waals surface area contributed by atoms with Crippen molar-refractivity contribution < 1.29 is 23.5 Å². The van der Waals surface area contributed by atoms with Crippen molar-refractivity contribution in [3.8, 4) is 11.5 Å². The second-order valence-corrected chi connectivity index (χ2v) is 6.14. The molecule has 0 saturated carbocycles. The van der Waals surface area contributed by atoms with Crippen LogP contribution in [0.4, 0.5) is 4.39 Å². The van der Waals surface area contributed by atoms with Crippen LogP contribution in [0.3, 0.4) is 0 Å². The lowest BCUT2D eigenvalue weighted by Crippen LogP contribution is -2.19. The fourth-order valence-electron chi connectivity index (χ4n) is 2.50. The van der Waals surface area contributed by atoms with Gasteiger partial charge in [-0.3, -0.25) is 9.78 Å². The highest BCUT2D eigenvalue weighted by molar-refractivity contribution is 5.91. The molecule has 2 aromatic carbocycles. The summed E-state index contributed by atoms with van der Waals surface area (Å²) in [5, 5.41) is 3.90. The zero-order valence-electron chi connectivity index (χ0n) is 16.0. The number of esters is 1. The molecule has 1 N–H and O–H groups in total. The highest BCUT2D eigenvalue weighted by atomic mass is 19.1. The summed E-state index contributed by atoms with van der Waals surface area (Å²) in [6, 6.07) is 13.7. The van der Waals surface area contributed by atoms with Gasteiger partial charge in [-0.1, -0.05) is 12.1 Å². The molecular weight excluding hydrogens is 389 g/mol. The van der Waals surface area contributed by atoms with E-state index in [0.29, 0.717) is 22.4 Å². The Kier molecular flexibility index (Phi) is 6.83. The van der Waals surface area contributed by atoms with Gasteiger partial charge in [-0.15, -0.1) is 0 Å². The summed E-state index contributed by atoms with van der Waals surface area (Å²) in [6.07, 6.45) is 4.47. The lowest BCUT2D eigenvalue weighted by atomic mass is 10.1. The van der Waals surface area contributed by atoms with Crippen molar-refractivity contribution in [2.75, 3.05) is 7.11 Å². The number of carbonyl (C=O) groups is 2. The van der Waals surface area contributed by atoms with Gasteiger partial charge in [-0.2, -0.15) is 5.10 Å². The lowest BCUT2D eigenvalue weighted by molar-refractivity contribution is -0.120. The van der Waals surface area contributed by atoms with Crippen LogP contribution < -0.4 is 14.9 Å². The topological polar surface area (TPSA) is 89.9 Å².